The van der Waals surface area contributed by atoms with E-state index in [0.29, 0.717) is 23.7 Å². The van der Waals surface area contributed by atoms with Gasteiger partial charge in [-0.25, -0.2) is 23.1 Å². The van der Waals surface area contributed by atoms with Crippen LogP contribution < -0.4 is 4.74 Å². The number of benzene rings is 1. The van der Waals surface area contributed by atoms with Gasteiger partial charge in [0.1, 0.15) is 16.6 Å². The average molecular weight is 599 g/mol. The Balaban J connectivity index is 1.59. The van der Waals surface area contributed by atoms with E-state index in [-0.39, 0.29) is 30.0 Å². The third-order valence-electron chi connectivity index (χ3n) is 7.82. The minimum absolute atomic E-state index is 0.0175. The molecule has 0 aliphatic carbocycles. The van der Waals surface area contributed by atoms with Crippen LogP contribution in [0.4, 0.5) is 0 Å². The fraction of sp³-hybridized carbons (Fsp3) is 0.464. The number of thiazole rings is 1. The van der Waals surface area contributed by atoms with Gasteiger partial charge in [0, 0.05) is 17.6 Å². The second-order valence-electron chi connectivity index (χ2n) is 10.8. The van der Waals surface area contributed by atoms with Crippen LogP contribution in [0, 0.1) is 19.3 Å². The van der Waals surface area contributed by atoms with Crippen LogP contribution in [0.5, 0.6) is 5.75 Å². The van der Waals surface area contributed by atoms with Crippen molar-refractivity contribution >= 4 is 38.4 Å². The number of aromatic nitrogens is 5. The lowest BCUT2D eigenvalue weighted by Gasteiger charge is -2.30. The summed E-state index contributed by atoms with van der Waals surface area (Å²) in [5, 5.41) is 19.4. The van der Waals surface area contributed by atoms with E-state index < -0.39 is 27.3 Å². The van der Waals surface area contributed by atoms with Gasteiger partial charge < -0.3 is 9.84 Å². The first-order valence-corrected chi connectivity index (χ1v) is 15.8. The zero-order chi connectivity index (χ0) is 29.7. The van der Waals surface area contributed by atoms with Crippen molar-refractivity contribution in [1.29, 1.82) is 0 Å². The highest BCUT2D eigenvalue weighted by atomic mass is 32.2. The summed E-state index contributed by atoms with van der Waals surface area (Å²) in [6.07, 6.45) is 1.70. The fourth-order valence-electron chi connectivity index (χ4n) is 5.26. The molecule has 41 heavy (non-hydrogen) atoms. The normalized spacial score (nSPS) is 18.0. The molecule has 2 atom stereocenters. The number of carboxylic acid groups (broad SMARTS) is 1. The summed E-state index contributed by atoms with van der Waals surface area (Å²) in [5.41, 5.74) is 2.59. The molecular formula is C28H34N6O5S2. The number of aryl methyl sites for hydroxylation is 3. The number of ether oxygens (including phenoxy) is 1. The molecule has 1 aliphatic rings. The smallest absolute Gasteiger partial charge is 0.310 e. The summed E-state index contributed by atoms with van der Waals surface area (Å²) in [4.78, 5) is 22.5. The highest BCUT2D eigenvalue weighted by Crippen LogP contribution is 2.45. The van der Waals surface area contributed by atoms with Crippen LogP contribution in [-0.2, 0) is 27.9 Å². The van der Waals surface area contributed by atoms with E-state index in [0.717, 1.165) is 27.0 Å². The Kier molecular flexibility index (Phi) is 7.64. The molecule has 0 saturated carbocycles. The topological polar surface area (TPSA) is 140 Å². The maximum Gasteiger partial charge on any atom is 0.310 e. The number of hydrogen-bond donors (Lipinski definition) is 1. The van der Waals surface area contributed by atoms with Gasteiger partial charge in [-0.15, -0.1) is 16.4 Å². The van der Waals surface area contributed by atoms with Gasteiger partial charge in [0.25, 0.3) is 10.0 Å². The van der Waals surface area contributed by atoms with Crippen molar-refractivity contribution in [3.8, 4) is 5.75 Å². The van der Waals surface area contributed by atoms with Crippen LogP contribution >= 0.6 is 11.3 Å². The van der Waals surface area contributed by atoms with Crippen LogP contribution in [0.1, 0.15) is 66.7 Å². The number of nitrogens with zero attached hydrogens (tertiary/aromatic N) is 6. The first kappa shape index (κ1) is 29.1. The summed E-state index contributed by atoms with van der Waals surface area (Å²) >= 11 is 1.39. The standard InChI is InChI=1S/C28H34N6O5S2/c1-7-18-14-33(41(37,38)26-22(39-18)10-9-13-29-26)15-20-17(4)40-25(30-20)23(28(5,6)27(35)36)19-11-12-21-24(16(19)3)31-32-34(21)8-2/h9-13,18,23H,7-8,14-15H2,1-6H3,(H,35,36)/t18-,23-/m1/s1. The van der Waals surface area contributed by atoms with Crippen molar-refractivity contribution in [3.63, 3.8) is 0 Å². The van der Waals surface area contributed by atoms with Crippen molar-refractivity contribution in [2.75, 3.05) is 6.54 Å². The molecule has 0 spiro atoms. The molecule has 4 aromatic rings. The second-order valence-corrected chi connectivity index (χ2v) is 13.9. The van der Waals surface area contributed by atoms with E-state index in [1.807, 2.05) is 39.8 Å². The molecule has 0 unspecified atom stereocenters. The highest BCUT2D eigenvalue weighted by Gasteiger charge is 2.43. The number of carbonyl (C=O) groups is 1. The first-order valence-electron chi connectivity index (χ1n) is 13.5. The van der Waals surface area contributed by atoms with Crippen LogP contribution in [-0.4, -0.2) is 61.4 Å². The van der Waals surface area contributed by atoms with Gasteiger partial charge >= 0.3 is 5.97 Å². The molecule has 0 bridgehead atoms. The number of hydrogen-bond acceptors (Lipinski definition) is 9. The predicted molar refractivity (Wildman–Crippen MR) is 155 cm³/mol. The lowest BCUT2D eigenvalue weighted by molar-refractivity contribution is -0.147. The minimum Gasteiger partial charge on any atom is -0.486 e. The number of aliphatic carboxylic acids is 1. The second kappa shape index (κ2) is 10.8. The Labute approximate surface area is 243 Å². The Morgan fingerprint density at radius 2 is 2.00 bits per heavy atom. The summed E-state index contributed by atoms with van der Waals surface area (Å²) in [6.45, 7) is 11.9. The number of sulfonamides is 1. The predicted octanol–water partition coefficient (Wildman–Crippen LogP) is 4.52. The molecule has 1 aromatic carbocycles. The number of rotatable bonds is 8. The number of pyridine rings is 1. The number of fused-ring (bicyclic) bond motifs is 2. The third-order valence-corrected chi connectivity index (χ3v) is 10.7. The van der Waals surface area contributed by atoms with Gasteiger partial charge in [0.2, 0.25) is 5.03 Å². The molecular weight excluding hydrogens is 564 g/mol. The van der Waals surface area contributed by atoms with Gasteiger partial charge in [-0.2, -0.15) is 4.31 Å². The van der Waals surface area contributed by atoms with Crippen LogP contribution in [0.25, 0.3) is 11.0 Å². The molecule has 0 radical (unpaired) electrons. The largest absolute Gasteiger partial charge is 0.486 e. The van der Waals surface area contributed by atoms with Crippen molar-refractivity contribution in [3.05, 3.63) is 57.2 Å². The Morgan fingerprint density at radius 1 is 1.24 bits per heavy atom. The highest BCUT2D eigenvalue weighted by molar-refractivity contribution is 7.89. The molecule has 13 heteroatoms. The molecule has 11 nitrogen and oxygen atoms in total. The summed E-state index contributed by atoms with van der Waals surface area (Å²) in [6, 6.07) is 7.13. The maximum absolute atomic E-state index is 13.7. The van der Waals surface area contributed by atoms with E-state index in [4.69, 9.17) is 9.72 Å². The van der Waals surface area contributed by atoms with E-state index >= 15 is 0 Å². The van der Waals surface area contributed by atoms with Gasteiger partial charge in [0.05, 0.1) is 35.6 Å². The monoisotopic (exact) mass is 598 g/mol. The van der Waals surface area contributed by atoms with E-state index in [2.05, 4.69) is 15.3 Å². The van der Waals surface area contributed by atoms with Gasteiger partial charge in [-0.1, -0.05) is 18.2 Å². The number of carboxylic acids is 1. The summed E-state index contributed by atoms with van der Waals surface area (Å²) in [7, 11) is -3.96. The fourth-order valence-corrected chi connectivity index (χ4v) is 7.96. The Hall–Kier alpha value is -3.42. The summed E-state index contributed by atoms with van der Waals surface area (Å²) in [5.74, 6) is -1.33. The van der Waals surface area contributed by atoms with Gasteiger partial charge in [0.15, 0.2) is 5.75 Å². The molecule has 0 amide bonds. The zero-order valence-corrected chi connectivity index (χ0v) is 25.6. The minimum atomic E-state index is -3.96. The Bertz CT molecular complexity index is 1730. The van der Waals surface area contributed by atoms with E-state index in [9.17, 15) is 18.3 Å². The van der Waals surface area contributed by atoms with E-state index in [1.54, 1.807) is 30.7 Å². The molecule has 1 N–H and O–H groups in total. The van der Waals surface area contributed by atoms with E-state index in [1.165, 1.54) is 21.8 Å². The maximum atomic E-state index is 13.7. The summed E-state index contributed by atoms with van der Waals surface area (Å²) < 4.78 is 36.5. The quantitative estimate of drug-likeness (QED) is 0.310. The van der Waals surface area contributed by atoms with Crippen molar-refractivity contribution in [1.82, 2.24) is 29.3 Å². The molecule has 1 aliphatic heterocycles. The SMILES string of the molecule is CC[C@@H]1CN(Cc2nc([C@@H](c3ccc4c(nnn4CC)c3C)C(C)(C)C(=O)O)sc2C)S(=O)(=O)c2ncccc2O1. The molecule has 3 aromatic heterocycles. The molecule has 4 heterocycles. The molecule has 218 valence electrons. The Morgan fingerprint density at radius 3 is 2.68 bits per heavy atom. The van der Waals surface area contributed by atoms with Crippen LogP contribution in [0.15, 0.2) is 35.5 Å². The van der Waals surface area contributed by atoms with Crippen LogP contribution in [0.2, 0.25) is 0 Å². The molecule has 5 rings (SSSR count). The van der Waals surface area contributed by atoms with Crippen molar-refractivity contribution in [2.45, 2.75) is 78.1 Å². The van der Waals surface area contributed by atoms with Crippen molar-refractivity contribution < 1.29 is 23.1 Å². The lowest BCUT2D eigenvalue weighted by atomic mass is 9.74. The van der Waals surface area contributed by atoms with Gasteiger partial charge in [-0.05, 0) is 70.4 Å². The van der Waals surface area contributed by atoms with Gasteiger partial charge in [-0.3, -0.25) is 4.79 Å². The average Bonchev–Trinajstić information content (AvgIpc) is 3.49. The molecule has 0 fully saturated rings. The van der Waals surface area contributed by atoms with Crippen LogP contribution in [0.3, 0.4) is 0 Å². The van der Waals surface area contributed by atoms with Crippen molar-refractivity contribution in [2.24, 2.45) is 5.41 Å². The lowest BCUT2D eigenvalue weighted by Crippen LogP contribution is -2.37. The molecule has 0 saturated heterocycles. The zero-order valence-electron chi connectivity index (χ0n) is 23.9. The first-order chi connectivity index (χ1) is 19.4. The third kappa shape index (κ3) is 4.99.